The molecule has 1 rings (SSSR count). The second kappa shape index (κ2) is 10.6. The molecule has 0 saturated carbocycles. The molecule has 5 nitrogen and oxygen atoms in total. The van der Waals surface area contributed by atoms with E-state index in [1.807, 2.05) is 6.92 Å². The van der Waals surface area contributed by atoms with Crippen LogP contribution in [0.1, 0.15) is 37.4 Å². The highest BCUT2D eigenvalue weighted by Gasteiger charge is 2.28. The first-order valence-electron chi connectivity index (χ1n) is 8.58. The second-order valence-corrected chi connectivity index (χ2v) is 6.56. The molecule has 0 aliphatic carbocycles. The van der Waals surface area contributed by atoms with Gasteiger partial charge in [-0.3, -0.25) is 14.4 Å². The Bertz CT molecular complexity index is 614. The summed E-state index contributed by atoms with van der Waals surface area (Å²) in [6.07, 6.45) is 1.19. The number of alkyl halides is 3. The molecule has 0 saturated heterocycles. The lowest BCUT2D eigenvalue weighted by Gasteiger charge is -2.18. The second-order valence-electron chi connectivity index (χ2n) is 6.20. The Morgan fingerprint density at radius 3 is 2.69 bits per heavy atom. The molecule has 0 aliphatic heterocycles. The monoisotopic (exact) mass is 394 g/mol. The topological polar surface area (TPSA) is 50.2 Å². The molecule has 0 spiro atoms. The molecular formula is C17H26ClF3N4O. The normalized spacial score (nSPS) is 12.3. The van der Waals surface area contributed by atoms with Gasteiger partial charge in [-0.25, -0.2) is 0 Å². The van der Waals surface area contributed by atoms with Crippen molar-refractivity contribution in [1.82, 2.24) is 20.0 Å². The van der Waals surface area contributed by atoms with E-state index in [0.717, 1.165) is 25.1 Å². The van der Waals surface area contributed by atoms with Crippen LogP contribution in [0.3, 0.4) is 0 Å². The number of hydrogen-bond donors (Lipinski definition) is 1. The predicted octanol–water partition coefficient (Wildman–Crippen LogP) is 3.66. The van der Waals surface area contributed by atoms with Gasteiger partial charge in [-0.1, -0.05) is 24.9 Å². The number of nitrogens with zero attached hydrogens (tertiary/aromatic N) is 3. The molecule has 1 N–H and O–H groups in total. The molecule has 1 heterocycles. The van der Waals surface area contributed by atoms with Crippen LogP contribution in [-0.4, -0.2) is 53.4 Å². The summed E-state index contributed by atoms with van der Waals surface area (Å²) in [5.41, 5.74) is 1.44. The van der Waals surface area contributed by atoms with E-state index in [2.05, 4.69) is 17.3 Å². The van der Waals surface area contributed by atoms with E-state index >= 15 is 0 Å². The summed E-state index contributed by atoms with van der Waals surface area (Å²) >= 11 is 6.28. The van der Waals surface area contributed by atoms with Crippen LogP contribution >= 0.6 is 11.6 Å². The highest BCUT2D eigenvalue weighted by atomic mass is 35.5. The van der Waals surface area contributed by atoms with Crippen molar-refractivity contribution < 1.29 is 18.0 Å². The molecule has 0 fully saturated rings. The fraction of sp³-hybridized carbons (Fsp3) is 0.647. The van der Waals surface area contributed by atoms with Crippen LogP contribution in [0, 0.1) is 6.92 Å². The Hall–Kier alpha value is -1.54. The zero-order valence-corrected chi connectivity index (χ0v) is 16.1. The van der Waals surface area contributed by atoms with E-state index in [9.17, 15) is 18.0 Å². The number of carbonyl (C=O) groups is 1. The van der Waals surface area contributed by atoms with Crippen LogP contribution in [0.15, 0.2) is 6.08 Å². The number of aryl methyl sites for hydroxylation is 2. The molecule has 148 valence electrons. The van der Waals surface area contributed by atoms with Crippen LogP contribution in [0.25, 0.3) is 6.08 Å². The van der Waals surface area contributed by atoms with Crippen LogP contribution < -0.4 is 5.32 Å². The highest BCUT2D eigenvalue weighted by Crippen LogP contribution is 2.21. The first kappa shape index (κ1) is 22.5. The Labute approximate surface area is 157 Å². The lowest BCUT2D eigenvalue weighted by atomic mass is 10.2. The maximum atomic E-state index is 12.2. The van der Waals surface area contributed by atoms with Crippen LogP contribution in [0.2, 0.25) is 5.15 Å². The first-order chi connectivity index (χ1) is 12.1. The molecule has 0 radical (unpaired) electrons. The van der Waals surface area contributed by atoms with Gasteiger partial charge in [0, 0.05) is 24.7 Å². The van der Waals surface area contributed by atoms with Gasteiger partial charge < -0.3 is 5.32 Å². The van der Waals surface area contributed by atoms with Crippen molar-refractivity contribution in [2.45, 2.75) is 45.8 Å². The molecule has 0 unspecified atom stereocenters. The van der Waals surface area contributed by atoms with Crippen molar-refractivity contribution in [1.29, 1.82) is 0 Å². The van der Waals surface area contributed by atoms with Gasteiger partial charge >= 0.3 is 6.18 Å². The van der Waals surface area contributed by atoms with Crippen molar-refractivity contribution in [3.63, 3.8) is 0 Å². The van der Waals surface area contributed by atoms with Crippen LogP contribution in [-0.2, 0) is 11.3 Å². The highest BCUT2D eigenvalue weighted by molar-refractivity contribution is 6.31. The number of halogens is 4. The van der Waals surface area contributed by atoms with E-state index in [1.165, 1.54) is 18.0 Å². The summed E-state index contributed by atoms with van der Waals surface area (Å²) in [6, 6.07) is 0. The van der Waals surface area contributed by atoms with E-state index < -0.39 is 12.7 Å². The molecule has 0 aromatic carbocycles. The van der Waals surface area contributed by atoms with Crippen LogP contribution in [0.5, 0.6) is 0 Å². The van der Waals surface area contributed by atoms with Gasteiger partial charge in [0.2, 0.25) is 5.91 Å². The molecular weight excluding hydrogens is 369 g/mol. The molecule has 26 heavy (non-hydrogen) atoms. The van der Waals surface area contributed by atoms with Gasteiger partial charge in [0.05, 0.1) is 12.2 Å². The van der Waals surface area contributed by atoms with Gasteiger partial charge in [0.1, 0.15) is 5.15 Å². The smallest absolute Gasteiger partial charge is 0.353 e. The number of aromatic nitrogens is 2. The summed E-state index contributed by atoms with van der Waals surface area (Å²) in [5, 5.41) is 7.50. The third kappa shape index (κ3) is 8.23. The number of amides is 1. The average Bonchev–Trinajstić information content (AvgIpc) is 2.80. The zero-order valence-electron chi connectivity index (χ0n) is 15.4. The largest absolute Gasteiger partial charge is 0.401 e. The van der Waals surface area contributed by atoms with Gasteiger partial charge in [0.25, 0.3) is 0 Å². The fourth-order valence-corrected chi connectivity index (χ4v) is 2.70. The number of nitrogens with one attached hydrogen (secondary N) is 1. The number of rotatable bonds is 10. The minimum Gasteiger partial charge on any atom is -0.353 e. The SMILES string of the molecule is CCCCn1nc(C)c(/C=C/C(=O)NCCCN(C)CC(F)(F)F)c1Cl. The summed E-state index contributed by atoms with van der Waals surface area (Å²) in [5.74, 6) is -0.319. The molecule has 1 aromatic heterocycles. The van der Waals surface area contributed by atoms with Gasteiger partial charge in [-0.2, -0.15) is 18.3 Å². The third-order valence-corrected chi connectivity index (χ3v) is 4.10. The van der Waals surface area contributed by atoms with Gasteiger partial charge in [-0.05, 0) is 39.4 Å². The van der Waals surface area contributed by atoms with Crippen LogP contribution in [0.4, 0.5) is 13.2 Å². The predicted molar refractivity (Wildman–Crippen MR) is 97.1 cm³/mol. The van der Waals surface area contributed by atoms with Crippen molar-refractivity contribution >= 4 is 23.6 Å². The zero-order chi connectivity index (χ0) is 19.7. The van der Waals surface area contributed by atoms with Crippen molar-refractivity contribution in [3.05, 3.63) is 22.5 Å². The van der Waals surface area contributed by atoms with Gasteiger partial charge in [-0.15, -0.1) is 0 Å². The molecule has 0 bridgehead atoms. The maximum absolute atomic E-state index is 12.2. The van der Waals surface area contributed by atoms with E-state index in [4.69, 9.17) is 11.6 Å². The van der Waals surface area contributed by atoms with Gasteiger partial charge in [0.15, 0.2) is 0 Å². The quantitative estimate of drug-likeness (QED) is 0.486. The lowest BCUT2D eigenvalue weighted by molar-refractivity contribution is -0.143. The maximum Gasteiger partial charge on any atom is 0.401 e. The molecule has 1 amide bonds. The van der Waals surface area contributed by atoms with Crippen molar-refractivity contribution in [2.24, 2.45) is 0 Å². The third-order valence-electron chi connectivity index (χ3n) is 3.70. The lowest BCUT2D eigenvalue weighted by Crippen LogP contribution is -2.33. The first-order valence-corrected chi connectivity index (χ1v) is 8.96. The van der Waals surface area contributed by atoms with Crippen molar-refractivity contribution in [2.75, 3.05) is 26.7 Å². The molecule has 0 atom stereocenters. The molecule has 1 aromatic rings. The molecule has 9 heteroatoms. The standard InChI is InChI=1S/C17H26ClF3N4O/c1-4-5-11-25-16(18)14(13(2)23-25)7-8-15(26)22-9-6-10-24(3)12-17(19,20)21/h7-8H,4-6,9-12H2,1-3H3,(H,22,26)/b8-7+. The Kier molecular flexibility index (Phi) is 9.15. The number of unbranched alkanes of at least 4 members (excludes halogenated alkanes) is 1. The summed E-state index contributed by atoms with van der Waals surface area (Å²) in [4.78, 5) is 13.0. The summed E-state index contributed by atoms with van der Waals surface area (Å²) in [7, 11) is 1.40. The van der Waals surface area contributed by atoms with E-state index in [-0.39, 0.29) is 12.5 Å². The molecule has 0 aliphatic rings. The van der Waals surface area contributed by atoms with Crippen molar-refractivity contribution in [3.8, 4) is 0 Å². The fourth-order valence-electron chi connectivity index (χ4n) is 2.38. The summed E-state index contributed by atoms with van der Waals surface area (Å²) in [6.45, 7) is 4.22. The van der Waals surface area contributed by atoms with E-state index in [0.29, 0.717) is 23.7 Å². The average molecular weight is 395 g/mol. The Balaban J connectivity index is 2.42. The Morgan fingerprint density at radius 2 is 2.08 bits per heavy atom. The Morgan fingerprint density at radius 1 is 1.38 bits per heavy atom. The minimum absolute atomic E-state index is 0.249. The number of carbonyl (C=O) groups excluding carboxylic acids is 1. The summed E-state index contributed by atoms with van der Waals surface area (Å²) < 4.78 is 38.3. The number of hydrogen-bond acceptors (Lipinski definition) is 3. The minimum atomic E-state index is -4.21. The van der Waals surface area contributed by atoms with E-state index in [1.54, 1.807) is 10.8 Å².